The van der Waals surface area contributed by atoms with Gasteiger partial charge in [0.05, 0.1) is 11.5 Å². The molecule has 21 heavy (non-hydrogen) atoms. The van der Waals surface area contributed by atoms with Crippen molar-refractivity contribution in [3.8, 4) is 6.07 Å². The lowest BCUT2D eigenvalue weighted by atomic mass is 9.77. The van der Waals surface area contributed by atoms with Crippen LogP contribution in [0.1, 0.15) is 31.7 Å². The highest BCUT2D eigenvalue weighted by Gasteiger charge is 2.33. The molecule has 1 aromatic carbocycles. The molecule has 110 valence electrons. The van der Waals surface area contributed by atoms with Crippen molar-refractivity contribution in [1.82, 2.24) is 4.90 Å². The Balaban J connectivity index is 2.28. The molecule has 0 amide bonds. The van der Waals surface area contributed by atoms with Crippen molar-refractivity contribution in [3.63, 3.8) is 0 Å². The highest BCUT2D eigenvalue weighted by atomic mass is 35.5. The topological polar surface area (TPSA) is 39.4 Å². The van der Waals surface area contributed by atoms with Gasteiger partial charge in [0.1, 0.15) is 6.67 Å². The summed E-state index contributed by atoms with van der Waals surface area (Å²) in [6.45, 7) is 3.41. The van der Waals surface area contributed by atoms with Gasteiger partial charge in [0, 0.05) is 24.0 Å². The van der Waals surface area contributed by atoms with Gasteiger partial charge in [-0.05, 0) is 30.2 Å². The van der Waals surface area contributed by atoms with Crippen LogP contribution in [0, 0.1) is 11.3 Å². The molecule has 1 heterocycles. The summed E-state index contributed by atoms with van der Waals surface area (Å²) in [7, 11) is 0. The first-order valence-electron chi connectivity index (χ1n) is 7.28. The summed E-state index contributed by atoms with van der Waals surface area (Å²) in [4.78, 5) is 6.34. The number of hydrogen-bond acceptors (Lipinski definition) is 3. The second-order valence-corrected chi connectivity index (χ2v) is 5.80. The number of nitriles is 1. The Morgan fingerprint density at radius 1 is 1.38 bits per heavy atom. The minimum atomic E-state index is -0.516. The SMILES string of the molecule is CCCCC(C#N)(CN1C=CC=NC1)c1ccc(Cl)cc1. The number of benzene rings is 1. The molecular formula is C17H20ClN3. The van der Waals surface area contributed by atoms with Gasteiger partial charge in [-0.1, -0.05) is 43.5 Å². The number of unbranched alkanes of at least 4 members (excludes halogenated alkanes) is 1. The van der Waals surface area contributed by atoms with Crippen LogP contribution >= 0.6 is 11.6 Å². The van der Waals surface area contributed by atoms with Gasteiger partial charge in [-0.2, -0.15) is 5.26 Å². The number of allylic oxidation sites excluding steroid dienone is 1. The molecule has 0 aliphatic carbocycles. The van der Waals surface area contributed by atoms with Gasteiger partial charge in [0.15, 0.2) is 0 Å². The van der Waals surface area contributed by atoms with Crippen molar-refractivity contribution < 1.29 is 0 Å². The van der Waals surface area contributed by atoms with Crippen molar-refractivity contribution in [2.75, 3.05) is 13.2 Å². The van der Waals surface area contributed by atoms with Crippen molar-refractivity contribution in [3.05, 3.63) is 47.1 Å². The van der Waals surface area contributed by atoms with E-state index in [1.165, 1.54) is 0 Å². The normalized spacial score (nSPS) is 16.5. The fraction of sp³-hybridized carbons (Fsp3) is 0.412. The predicted octanol–water partition coefficient (Wildman–Crippen LogP) is 4.15. The van der Waals surface area contributed by atoms with Crippen molar-refractivity contribution >= 4 is 17.8 Å². The van der Waals surface area contributed by atoms with E-state index in [1.54, 1.807) is 6.21 Å². The largest absolute Gasteiger partial charge is 0.356 e. The molecule has 0 radical (unpaired) electrons. The van der Waals surface area contributed by atoms with Crippen molar-refractivity contribution in [2.45, 2.75) is 31.6 Å². The van der Waals surface area contributed by atoms with E-state index in [-0.39, 0.29) is 0 Å². The van der Waals surface area contributed by atoms with Crippen LogP contribution in [0.4, 0.5) is 0 Å². The molecule has 3 nitrogen and oxygen atoms in total. The van der Waals surface area contributed by atoms with E-state index in [0.29, 0.717) is 18.2 Å². The van der Waals surface area contributed by atoms with Crippen molar-refractivity contribution in [1.29, 1.82) is 5.26 Å². The minimum Gasteiger partial charge on any atom is -0.356 e. The predicted molar refractivity (Wildman–Crippen MR) is 87.5 cm³/mol. The average molecular weight is 302 g/mol. The van der Waals surface area contributed by atoms with E-state index in [4.69, 9.17) is 11.6 Å². The van der Waals surface area contributed by atoms with Gasteiger partial charge < -0.3 is 4.90 Å². The smallest absolute Gasteiger partial charge is 0.109 e. The Bertz CT molecular complexity index is 556. The van der Waals surface area contributed by atoms with Crippen LogP contribution in [-0.4, -0.2) is 24.3 Å². The molecule has 2 rings (SSSR count). The summed E-state index contributed by atoms with van der Waals surface area (Å²) in [5.41, 5.74) is 0.517. The molecule has 0 bridgehead atoms. The van der Waals surface area contributed by atoms with E-state index < -0.39 is 5.41 Å². The van der Waals surface area contributed by atoms with Crippen LogP contribution in [0.3, 0.4) is 0 Å². The van der Waals surface area contributed by atoms with Crippen LogP contribution in [0.5, 0.6) is 0 Å². The zero-order chi connectivity index (χ0) is 15.1. The third kappa shape index (κ3) is 3.86. The molecule has 0 fully saturated rings. The van der Waals surface area contributed by atoms with Gasteiger partial charge >= 0.3 is 0 Å². The maximum Gasteiger partial charge on any atom is 0.109 e. The minimum absolute atomic E-state index is 0.516. The van der Waals surface area contributed by atoms with Gasteiger partial charge in [0.25, 0.3) is 0 Å². The van der Waals surface area contributed by atoms with Crippen LogP contribution in [0.25, 0.3) is 0 Å². The summed E-state index contributed by atoms with van der Waals surface area (Å²) in [5.74, 6) is 0. The Labute approximate surface area is 131 Å². The molecule has 1 aliphatic rings. The first kappa shape index (κ1) is 15.6. The Kier molecular flexibility index (Phi) is 5.41. The Morgan fingerprint density at radius 3 is 2.71 bits per heavy atom. The lowest BCUT2D eigenvalue weighted by Gasteiger charge is -2.33. The molecular weight excluding hydrogens is 282 g/mol. The lowest BCUT2D eigenvalue weighted by Crippen LogP contribution is -2.38. The van der Waals surface area contributed by atoms with E-state index in [2.05, 4.69) is 22.9 Å². The third-order valence-corrected chi connectivity index (χ3v) is 4.04. The number of hydrogen-bond donors (Lipinski definition) is 0. The van der Waals surface area contributed by atoms with Crippen LogP contribution in [0.15, 0.2) is 41.5 Å². The number of halogens is 1. The summed E-state index contributed by atoms with van der Waals surface area (Å²) < 4.78 is 0. The van der Waals surface area contributed by atoms with Gasteiger partial charge in [-0.15, -0.1) is 0 Å². The molecule has 0 N–H and O–H groups in total. The molecule has 0 saturated heterocycles. The molecule has 0 saturated carbocycles. The third-order valence-electron chi connectivity index (χ3n) is 3.79. The standard InChI is InChI=1S/C17H20ClN3/c1-2-3-9-17(12-19,13-21-11-4-10-20-14-21)15-5-7-16(18)8-6-15/h4-8,10-11H,2-3,9,13-14H2,1H3. The molecule has 1 aromatic rings. The van der Waals surface area contributed by atoms with E-state index in [1.807, 2.05) is 36.5 Å². The number of aliphatic imine (C=N–C) groups is 1. The Morgan fingerprint density at radius 2 is 2.14 bits per heavy atom. The first-order valence-corrected chi connectivity index (χ1v) is 7.66. The van der Waals surface area contributed by atoms with Gasteiger partial charge in [-0.3, -0.25) is 4.99 Å². The van der Waals surface area contributed by atoms with E-state index >= 15 is 0 Å². The molecule has 1 unspecified atom stereocenters. The van der Waals surface area contributed by atoms with E-state index in [0.717, 1.165) is 24.8 Å². The average Bonchev–Trinajstić information content (AvgIpc) is 2.53. The first-order chi connectivity index (χ1) is 10.2. The molecule has 0 aromatic heterocycles. The second kappa shape index (κ2) is 7.28. The highest BCUT2D eigenvalue weighted by Crippen LogP contribution is 2.32. The fourth-order valence-electron chi connectivity index (χ4n) is 2.59. The van der Waals surface area contributed by atoms with Crippen LogP contribution in [0.2, 0.25) is 5.02 Å². The van der Waals surface area contributed by atoms with E-state index in [9.17, 15) is 5.26 Å². The monoisotopic (exact) mass is 301 g/mol. The number of rotatable bonds is 6. The summed E-state index contributed by atoms with van der Waals surface area (Å²) in [6, 6.07) is 10.2. The van der Waals surface area contributed by atoms with Gasteiger partial charge in [-0.25, -0.2) is 0 Å². The molecule has 0 spiro atoms. The second-order valence-electron chi connectivity index (χ2n) is 5.37. The maximum atomic E-state index is 9.88. The van der Waals surface area contributed by atoms with Crippen molar-refractivity contribution in [2.24, 2.45) is 4.99 Å². The zero-order valence-electron chi connectivity index (χ0n) is 12.3. The Hall–Kier alpha value is -1.79. The molecule has 1 atom stereocenters. The highest BCUT2D eigenvalue weighted by molar-refractivity contribution is 6.30. The maximum absolute atomic E-state index is 9.88. The number of nitrogens with zero attached hydrogens (tertiary/aromatic N) is 3. The summed E-state index contributed by atoms with van der Waals surface area (Å²) in [5, 5.41) is 10.6. The zero-order valence-corrected chi connectivity index (χ0v) is 13.1. The quantitative estimate of drug-likeness (QED) is 0.792. The van der Waals surface area contributed by atoms with Gasteiger partial charge in [0.2, 0.25) is 0 Å². The molecule has 1 aliphatic heterocycles. The lowest BCUT2D eigenvalue weighted by molar-refractivity contribution is 0.300. The fourth-order valence-corrected chi connectivity index (χ4v) is 2.71. The van der Waals surface area contributed by atoms with Crippen LogP contribution < -0.4 is 0 Å². The van der Waals surface area contributed by atoms with Crippen LogP contribution in [-0.2, 0) is 5.41 Å². The summed E-state index contributed by atoms with van der Waals surface area (Å²) >= 11 is 5.98. The molecule has 4 heteroatoms. The summed E-state index contributed by atoms with van der Waals surface area (Å²) in [6.07, 6.45) is 8.64.